The van der Waals surface area contributed by atoms with Crippen LogP contribution in [0.3, 0.4) is 0 Å². The summed E-state index contributed by atoms with van der Waals surface area (Å²) in [6.07, 6.45) is 5.61. The summed E-state index contributed by atoms with van der Waals surface area (Å²) in [5, 5.41) is 0. The number of hydrogen-bond acceptors (Lipinski definition) is 2. The van der Waals surface area contributed by atoms with Gasteiger partial charge in [-0.2, -0.15) is 0 Å². The molecule has 17 heavy (non-hydrogen) atoms. The van der Waals surface area contributed by atoms with E-state index in [9.17, 15) is 0 Å². The second-order valence-electron chi connectivity index (χ2n) is 5.01. The standard InChI is InChI=1S/C15H24N2/c1-16(15-9-5-4-6-10-15)13-14-17-11-7-2-3-8-12-17/h4-6,9-10H,2-3,7-8,11-14H2,1H3. The van der Waals surface area contributed by atoms with E-state index in [0.29, 0.717) is 0 Å². The molecule has 1 fully saturated rings. The van der Waals surface area contributed by atoms with Crippen molar-refractivity contribution in [1.29, 1.82) is 0 Å². The molecule has 1 saturated heterocycles. The molecule has 0 saturated carbocycles. The summed E-state index contributed by atoms with van der Waals surface area (Å²) in [5.41, 5.74) is 1.32. The van der Waals surface area contributed by atoms with Crippen LogP contribution >= 0.6 is 0 Å². The van der Waals surface area contributed by atoms with Crippen molar-refractivity contribution in [3.8, 4) is 0 Å². The number of nitrogens with zero attached hydrogens (tertiary/aromatic N) is 2. The van der Waals surface area contributed by atoms with Crippen LogP contribution in [0.25, 0.3) is 0 Å². The molecule has 0 atom stereocenters. The molecule has 1 heterocycles. The van der Waals surface area contributed by atoms with Gasteiger partial charge in [0.15, 0.2) is 0 Å². The normalized spacial score (nSPS) is 17.7. The first-order valence-electron chi connectivity index (χ1n) is 6.85. The molecule has 2 nitrogen and oxygen atoms in total. The molecule has 0 spiro atoms. The van der Waals surface area contributed by atoms with Crippen LogP contribution in [-0.4, -0.2) is 38.1 Å². The van der Waals surface area contributed by atoms with E-state index in [0.717, 1.165) is 6.54 Å². The number of rotatable bonds is 4. The Balaban J connectivity index is 1.77. The van der Waals surface area contributed by atoms with Crippen molar-refractivity contribution in [1.82, 2.24) is 4.90 Å². The van der Waals surface area contributed by atoms with Crippen molar-refractivity contribution in [2.45, 2.75) is 25.7 Å². The van der Waals surface area contributed by atoms with Crippen LogP contribution in [0.15, 0.2) is 30.3 Å². The predicted octanol–water partition coefficient (Wildman–Crippen LogP) is 3.00. The summed E-state index contributed by atoms with van der Waals surface area (Å²) in [6, 6.07) is 10.7. The van der Waals surface area contributed by atoms with Gasteiger partial charge in [-0.15, -0.1) is 0 Å². The van der Waals surface area contributed by atoms with Gasteiger partial charge in [0.1, 0.15) is 0 Å². The average Bonchev–Trinajstić information content (AvgIpc) is 2.65. The Morgan fingerprint density at radius 1 is 1.00 bits per heavy atom. The predicted molar refractivity (Wildman–Crippen MR) is 74.6 cm³/mol. The first-order valence-corrected chi connectivity index (χ1v) is 6.85. The lowest BCUT2D eigenvalue weighted by atomic mass is 10.2. The van der Waals surface area contributed by atoms with Crippen molar-refractivity contribution >= 4 is 5.69 Å². The van der Waals surface area contributed by atoms with E-state index in [1.54, 1.807) is 0 Å². The molecule has 1 aromatic carbocycles. The van der Waals surface area contributed by atoms with Crippen molar-refractivity contribution in [2.75, 3.05) is 38.1 Å². The van der Waals surface area contributed by atoms with E-state index >= 15 is 0 Å². The molecule has 0 aliphatic carbocycles. The zero-order valence-electron chi connectivity index (χ0n) is 10.9. The minimum absolute atomic E-state index is 1.13. The fraction of sp³-hybridized carbons (Fsp3) is 0.600. The van der Waals surface area contributed by atoms with Gasteiger partial charge in [0.2, 0.25) is 0 Å². The Bertz CT molecular complexity index is 302. The van der Waals surface area contributed by atoms with Crippen molar-refractivity contribution in [3.05, 3.63) is 30.3 Å². The van der Waals surface area contributed by atoms with Gasteiger partial charge in [0.05, 0.1) is 0 Å². The van der Waals surface area contributed by atoms with E-state index in [2.05, 4.69) is 47.2 Å². The topological polar surface area (TPSA) is 6.48 Å². The highest BCUT2D eigenvalue weighted by atomic mass is 15.2. The first-order chi connectivity index (χ1) is 8.36. The third kappa shape index (κ3) is 4.04. The molecular weight excluding hydrogens is 208 g/mol. The van der Waals surface area contributed by atoms with E-state index in [-0.39, 0.29) is 0 Å². The summed E-state index contributed by atoms with van der Waals surface area (Å²) in [6.45, 7) is 4.92. The third-order valence-electron chi connectivity index (χ3n) is 3.65. The number of para-hydroxylation sites is 1. The molecule has 1 aliphatic heterocycles. The molecule has 2 rings (SSSR count). The second-order valence-corrected chi connectivity index (χ2v) is 5.01. The molecule has 1 aliphatic rings. The second kappa shape index (κ2) is 6.65. The van der Waals surface area contributed by atoms with Crippen LogP contribution in [0.4, 0.5) is 5.69 Å². The molecule has 0 N–H and O–H groups in total. The highest BCUT2D eigenvalue weighted by molar-refractivity contribution is 5.44. The molecule has 0 aromatic heterocycles. The molecule has 0 amide bonds. The number of benzene rings is 1. The minimum Gasteiger partial charge on any atom is -0.373 e. The van der Waals surface area contributed by atoms with Gasteiger partial charge in [-0.05, 0) is 38.1 Å². The molecule has 0 unspecified atom stereocenters. The van der Waals surface area contributed by atoms with Gasteiger partial charge in [-0.1, -0.05) is 31.0 Å². The summed E-state index contributed by atoms with van der Waals surface area (Å²) >= 11 is 0. The molecule has 0 radical (unpaired) electrons. The van der Waals surface area contributed by atoms with Gasteiger partial charge in [-0.3, -0.25) is 0 Å². The Labute approximate surface area is 105 Å². The fourth-order valence-corrected chi connectivity index (χ4v) is 2.46. The van der Waals surface area contributed by atoms with Crippen molar-refractivity contribution < 1.29 is 0 Å². The summed E-state index contributed by atoms with van der Waals surface area (Å²) in [4.78, 5) is 4.97. The molecular formula is C15H24N2. The van der Waals surface area contributed by atoms with E-state index in [1.165, 1.54) is 51.0 Å². The third-order valence-corrected chi connectivity index (χ3v) is 3.65. The van der Waals surface area contributed by atoms with E-state index in [4.69, 9.17) is 0 Å². The van der Waals surface area contributed by atoms with Crippen molar-refractivity contribution in [2.24, 2.45) is 0 Å². The smallest absolute Gasteiger partial charge is 0.0364 e. The first kappa shape index (κ1) is 12.4. The molecule has 0 bridgehead atoms. The summed E-state index contributed by atoms with van der Waals surface area (Å²) < 4.78 is 0. The van der Waals surface area contributed by atoms with Crippen LogP contribution in [0, 0.1) is 0 Å². The van der Waals surface area contributed by atoms with Crippen LogP contribution in [-0.2, 0) is 0 Å². The SMILES string of the molecule is CN(CCN1CCCCCC1)c1ccccc1. The maximum absolute atomic E-state index is 2.62. The largest absolute Gasteiger partial charge is 0.373 e. The lowest BCUT2D eigenvalue weighted by molar-refractivity contribution is 0.292. The molecule has 1 aromatic rings. The minimum atomic E-state index is 1.13. The number of likely N-dealkylation sites (tertiary alicyclic amines) is 1. The van der Waals surface area contributed by atoms with Crippen LogP contribution in [0.5, 0.6) is 0 Å². The Morgan fingerprint density at radius 3 is 2.29 bits per heavy atom. The van der Waals surface area contributed by atoms with Gasteiger partial charge in [0, 0.05) is 25.8 Å². The highest BCUT2D eigenvalue weighted by Crippen LogP contribution is 2.12. The maximum atomic E-state index is 2.62. The zero-order chi connectivity index (χ0) is 11.9. The van der Waals surface area contributed by atoms with Crippen LogP contribution in [0.2, 0.25) is 0 Å². The van der Waals surface area contributed by atoms with Gasteiger partial charge in [0.25, 0.3) is 0 Å². The van der Waals surface area contributed by atoms with E-state index < -0.39 is 0 Å². The average molecular weight is 232 g/mol. The number of anilines is 1. The lowest BCUT2D eigenvalue weighted by Crippen LogP contribution is -2.33. The molecule has 2 heteroatoms. The van der Waals surface area contributed by atoms with Crippen LogP contribution < -0.4 is 4.90 Å². The van der Waals surface area contributed by atoms with Gasteiger partial charge in [-0.25, -0.2) is 0 Å². The molecule has 94 valence electrons. The van der Waals surface area contributed by atoms with Gasteiger partial charge >= 0.3 is 0 Å². The fourth-order valence-electron chi connectivity index (χ4n) is 2.46. The van der Waals surface area contributed by atoms with Gasteiger partial charge < -0.3 is 9.80 Å². The zero-order valence-corrected chi connectivity index (χ0v) is 10.9. The number of hydrogen-bond donors (Lipinski definition) is 0. The number of likely N-dealkylation sites (N-methyl/N-ethyl adjacent to an activating group) is 1. The monoisotopic (exact) mass is 232 g/mol. The van der Waals surface area contributed by atoms with Crippen molar-refractivity contribution in [3.63, 3.8) is 0 Å². The summed E-state index contributed by atoms with van der Waals surface area (Å²) in [7, 11) is 2.19. The Kier molecular flexibility index (Phi) is 4.87. The lowest BCUT2D eigenvalue weighted by Gasteiger charge is -2.25. The Morgan fingerprint density at radius 2 is 1.65 bits per heavy atom. The Hall–Kier alpha value is -1.02. The highest BCUT2D eigenvalue weighted by Gasteiger charge is 2.09. The summed E-state index contributed by atoms with van der Waals surface area (Å²) in [5.74, 6) is 0. The maximum Gasteiger partial charge on any atom is 0.0364 e. The van der Waals surface area contributed by atoms with Crippen LogP contribution in [0.1, 0.15) is 25.7 Å². The quantitative estimate of drug-likeness (QED) is 0.787. The van der Waals surface area contributed by atoms with E-state index in [1.807, 2.05) is 0 Å².